The van der Waals surface area contributed by atoms with E-state index in [1.807, 2.05) is 30.0 Å². The number of likely N-dealkylation sites (N-methyl/N-ethyl adjacent to an activating group) is 1. The van der Waals surface area contributed by atoms with Crippen LogP contribution in [0.15, 0.2) is 47.5 Å². The maximum atomic E-state index is 12.7. The lowest BCUT2D eigenvalue weighted by Gasteiger charge is -2.39. The highest BCUT2D eigenvalue weighted by molar-refractivity contribution is 5.87. The van der Waals surface area contributed by atoms with E-state index in [0.717, 1.165) is 30.5 Å². The predicted molar refractivity (Wildman–Crippen MR) is 118 cm³/mol. The van der Waals surface area contributed by atoms with Crippen molar-refractivity contribution in [1.82, 2.24) is 14.9 Å². The lowest BCUT2D eigenvalue weighted by atomic mass is 10.0. The van der Waals surface area contributed by atoms with Crippen molar-refractivity contribution < 1.29 is 9.53 Å². The number of aromatic amines is 1. The summed E-state index contributed by atoms with van der Waals surface area (Å²) in [7, 11) is 1.57. The Morgan fingerprint density at radius 2 is 2.27 bits per heavy atom. The number of likely N-dealkylation sites (tertiary alicyclic amines) is 1. The van der Waals surface area contributed by atoms with Crippen LogP contribution in [0, 0.1) is 0 Å². The molecule has 1 aliphatic rings. The molecule has 1 saturated heterocycles. The Morgan fingerprint density at radius 3 is 3.00 bits per heavy atom. The maximum absolute atomic E-state index is 12.7. The Balaban J connectivity index is 1.88. The van der Waals surface area contributed by atoms with Gasteiger partial charge in [0.2, 0.25) is 11.8 Å². The van der Waals surface area contributed by atoms with Gasteiger partial charge in [0, 0.05) is 62.3 Å². The second-order valence-electron chi connectivity index (χ2n) is 7.19. The number of nitrogens with zero attached hydrogens (tertiary/aromatic N) is 3. The molecular formula is C22H29N5O3. The van der Waals surface area contributed by atoms with Gasteiger partial charge < -0.3 is 25.3 Å². The minimum atomic E-state index is -0.145. The topological polar surface area (TPSA) is 105 Å². The molecule has 30 heavy (non-hydrogen) atoms. The third-order valence-electron chi connectivity index (χ3n) is 5.36. The van der Waals surface area contributed by atoms with Crippen molar-refractivity contribution in [1.29, 1.82) is 0 Å². The number of hydrogen-bond acceptors (Lipinski definition) is 6. The molecule has 3 heterocycles. The summed E-state index contributed by atoms with van der Waals surface area (Å²) in [6.45, 7) is 4.32. The highest BCUT2D eigenvalue weighted by atomic mass is 16.5. The number of nitrogens with one attached hydrogen (secondary N) is 1. The Bertz CT molecular complexity index is 956. The molecule has 1 atom stereocenters. The summed E-state index contributed by atoms with van der Waals surface area (Å²) in [5.74, 6) is 0.479. The van der Waals surface area contributed by atoms with Crippen LogP contribution in [0.5, 0.6) is 5.88 Å². The number of aromatic nitrogens is 2. The van der Waals surface area contributed by atoms with Gasteiger partial charge in [0.25, 0.3) is 5.56 Å². The number of rotatable bonds is 7. The van der Waals surface area contributed by atoms with Gasteiger partial charge in [-0.15, -0.1) is 0 Å². The Morgan fingerprint density at radius 1 is 1.43 bits per heavy atom. The molecule has 3 N–H and O–H groups in total. The van der Waals surface area contributed by atoms with Crippen molar-refractivity contribution >= 4 is 11.6 Å². The van der Waals surface area contributed by atoms with Gasteiger partial charge in [-0.3, -0.25) is 9.59 Å². The molecule has 8 nitrogen and oxygen atoms in total. The standard InChI is InChI=1S/C22H29N5O3/c1-3-27(18-6-5-11-26(15-18)21(28)7-4-9-23)19-12-17(14-25-22(19)29)16-8-10-24-20(13-16)30-2/h4,7-8,10,12-14,18H,3,5-6,9,11,15,23H2,1-2H3,(H,25,29)/t18-/m1/s1. The van der Waals surface area contributed by atoms with E-state index in [1.54, 1.807) is 25.6 Å². The second kappa shape index (κ2) is 10.1. The van der Waals surface area contributed by atoms with Crippen molar-refractivity contribution in [2.24, 2.45) is 5.73 Å². The first-order valence-corrected chi connectivity index (χ1v) is 10.2. The zero-order chi connectivity index (χ0) is 21.5. The molecule has 0 bridgehead atoms. The van der Waals surface area contributed by atoms with Gasteiger partial charge in [-0.2, -0.15) is 0 Å². The monoisotopic (exact) mass is 411 g/mol. The molecule has 1 aliphatic heterocycles. The summed E-state index contributed by atoms with van der Waals surface area (Å²) in [5, 5.41) is 0. The van der Waals surface area contributed by atoms with Gasteiger partial charge in [-0.1, -0.05) is 6.08 Å². The fraction of sp³-hybridized carbons (Fsp3) is 0.409. The highest BCUT2D eigenvalue weighted by Gasteiger charge is 2.28. The summed E-state index contributed by atoms with van der Waals surface area (Å²) in [4.78, 5) is 36.0. The van der Waals surface area contributed by atoms with Crippen LogP contribution in [0.4, 0.5) is 5.69 Å². The first-order valence-electron chi connectivity index (χ1n) is 10.2. The van der Waals surface area contributed by atoms with Gasteiger partial charge in [0.15, 0.2) is 0 Å². The fourth-order valence-corrected chi connectivity index (χ4v) is 3.86. The van der Waals surface area contributed by atoms with E-state index in [-0.39, 0.29) is 17.5 Å². The average Bonchev–Trinajstić information content (AvgIpc) is 2.79. The lowest BCUT2D eigenvalue weighted by Crippen LogP contribution is -2.50. The number of hydrogen-bond donors (Lipinski definition) is 2. The Labute approximate surface area is 176 Å². The van der Waals surface area contributed by atoms with Crippen molar-refractivity contribution in [2.75, 3.05) is 38.2 Å². The molecule has 2 aromatic heterocycles. The summed E-state index contributed by atoms with van der Waals surface area (Å²) < 4.78 is 5.21. The van der Waals surface area contributed by atoms with Crippen LogP contribution in [0.2, 0.25) is 0 Å². The smallest absolute Gasteiger partial charge is 0.271 e. The number of H-pyrrole nitrogens is 1. The number of anilines is 1. The number of nitrogens with two attached hydrogens (primary N) is 1. The van der Waals surface area contributed by atoms with Gasteiger partial charge in [-0.25, -0.2) is 4.98 Å². The van der Waals surface area contributed by atoms with Crippen LogP contribution in [-0.4, -0.2) is 60.1 Å². The van der Waals surface area contributed by atoms with Crippen LogP contribution < -0.4 is 20.9 Å². The van der Waals surface area contributed by atoms with Crippen molar-refractivity contribution in [2.45, 2.75) is 25.8 Å². The molecule has 0 aromatic carbocycles. The zero-order valence-electron chi connectivity index (χ0n) is 17.5. The van der Waals surface area contributed by atoms with E-state index >= 15 is 0 Å². The number of amides is 1. The lowest BCUT2D eigenvalue weighted by molar-refractivity contribution is -0.127. The van der Waals surface area contributed by atoms with Crippen molar-refractivity contribution in [3.63, 3.8) is 0 Å². The molecule has 2 aromatic rings. The van der Waals surface area contributed by atoms with E-state index in [9.17, 15) is 9.59 Å². The number of pyridine rings is 2. The average molecular weight is 412 g/mol. The maximum Gasteiger partial charge on any atom is 0.271 e. The highest BCUT2D eigenvalue weighted by Crippen LogP contribution is 2.26. The Hall–Kier alpha value is -3.13. The zero-order valence-corrected chi connectivity index (χ0v) is 17.5. The number of piperidine rings is 1. The van der Waals surface area contributed by atoms with Gasteiger partial charge >= 0.3 is 0 Å². The summed E-state index contributed by atoms with van der Waals surface area (Å²) in [5.41, 5.74) is 7.69. The van der Waals surface area contributed by atoms with Crippen LogP contribution in [0.25, 0.3) is 11.1 Å². The van der Waals surface area contributed by atoms with Crippen LogP contribution in [0.3, 0.4) is 0 Å². The van der Waals surface area contributed by atoms with Crippen LogP contribution >= 0.6 is 0 Å². The van der Waals surface area contributed by atoms with Crippen LogP contribution in [-0.2, 0) is 4.79 Å². The number of carbonyl (C=O) groups is 1. The van der Waals surface area contributed by atoms with E-state index in [2.05, 4.69) is 14.9 Å². The molecule has 3 rings (SSSR count). The van der Waals surface area contributed by atoms with Crippen molar-refractivity contribution in [3.8, 4) is 17.0 Å². The first kappa shape index (κ1) is 21.6. The quantitative estimate of drug-likeness (QED) is 0.673. The first-order chi connectivity index (χ1) is 14.6. The summed E-state index contributed by atoms with van der Waals surface area (Å²) in [6.07, 6.45) is 8.38. The number of carbonyl (C=O) groups excluding carboxylic acids is 1. The molecule has 8 heteroatoms. The molecule has 0 saturated carbocycles. The fourth-order valence-electron chi connectivity index (χ4n) is 3.86. The largest absolute Gasteiger partial charge is 0.481 e. The molecule has 160 valence electrons. The molecular weight excluding hydrogens is 382 g/mol. The number of ether oxygens (including phenoxy) is 1. The van der Waals surface area contributed by atoms with E-state index in [4.69, 9.17) is 10.5 Å². The minimum absolute atomic E-state index is 0.0345. The summed E-state index contributed by atoms with van der Waals surface area (Å²) in [6, 6.07) is 5.67. The molecule has 0 aliphatic carbocycles. The molecule has 1 fully saturated rings. The van der Waals surface area contributed by atoms with E-state index < -0.39 is 0 Å². The molecule has 1 amide bonds. The second-order valence-corrected chi connectivity index (χ2v) is 7.19. The Kier molecular flexibility index (Phi) is 7.24. The normalized spacial score (nSPS) is 16.6. The third kappa shape index (κ3) is 4.88. The molecule has 0 unspecified atom stereocenters. The van der Waals surface area contributed by atoms with Crippen molar-refractivity contribution in [3.05, 3.63) is 53.1 Å². The minimum Gasteiger partial charge on any atom is -0.481 e. The summed E-state index contributed by atoms with van der Waals surface area (Å²) >= 11 is 0. The van der Waals surface area contributed by atoms with Gasteiger partial charge in [-0.05, 0) is 37.5 Å². The predicted octanol–water partition coefficient (Wildman–Crippen LogP) is 1.78. The van der Waals surface area contributed by atoms with E-state index in [0.29, 0.717) is 31.2 Å². The van der Waals surface area contributed by atoms with Gasteiger partial charge in [0.05, 0.1) is 7.11 Å². The molecule has 0 radical (unpaired) electrons. The van der Waals surface area contributed by atoms with Crippen LogP contribution in [0.1, 0.15) is 19.8 Å². The van der Waals surface area contributed by atoms with Gasteiger partial charge in [0.1, 0.15) is 5.69 Å². The number of methoxy groups -OCH3 is 1. The SMILES string of the molecule is CCN(c1cc(-c2ccnc(OC)c2)c[nH]c1=O)[C@@H]1CCCN(C(=O)C=CCN)C1. The third-order valence-corrected chi connectivity index (χ3v) is 5.36. The molecule has 0 spiro atoms. The van der Waals surface area contributed by atoms with E-state index in [1.165, 1.54) is 6.08 Å².